The van der Waals surface area contributed by atoms with Gasteiger partial charge in [0, 0.05) is 30.8 Å². The SMILES string of the molecule is Cn1ncc2c(Nc3cccc(Cl)c3)nc(N3CCOCC3)nc21. The van der Waals surface area contributed by atoms with Crippen molar-refractivity contribution in [1.82, 2.24) is 19.7 Å². The average molecular weight is 345 g/mol. The van der Waals surface area contributed by atoms with Gasteiger partial charge in [-0.15, -0.1) is 0 Å². The van der Waals surface area contributed by atoms with E-state index < -0.39 is 0 Å². The van der Waals surface area contributed by atoms with Crippen LogP contribution in [0.25, 0.3) is 11.0 Å². The summed E-state index contributed by atoms with van der Waals surface area (Å²) in [4.78, 5) is 11.5. The third kappa shape index (κ3) is 2.88. The molecule has 4 rings (SSSR count). The van der Waals surface area contributed by atoms with Crippen LogP contribution in [0.1, 0.15) is 0 Å². The van der Waals surface area contributed by atoms with Gasteiger partial charge in [-0.2, -0.15) is 15.1 Å². The Morgan fingerprint density at radius 1 is 1.21 bits per heavy atom. The molecule has 124 valence electrons. The van der Waals surface area contributed by atoms with Crippen molar-refractivity contribution in [2.75, 3.05) is 36.5 Å². The zero-order valence-electron chi connectivity index (χ0n) is 13.2. The second kappa shape index (κ2) is 6.26. The lowest BCUT2D eigenvalue weighted by molar-refractivity contribution is 0.122. The van der Waals surface area contributed by atoms with Crippen LogP contribution in [0.5, 0.6) is 0 Å². The summed E-state index contributed by atoms with van der Waals surface area (Å²) >= 11 is 6.08. The van der Waals surface area contributed by atoms with Crippen LogP contribution in [-0.2, 0) is 11.8 Å². The second-order valence-electron chi connectivity index (χ2n) is 5.61. The highest BCUT2D eigenvalue weighted by Gasteiger charge is 2.18. The fourth-order valence-electron chi connectivity index (χ4n) is 2.71. The second-order valence-corrected chi connectivity index (χ2v) is 6.05. The number of hydrogen-bond donors (Lipinski definition) is 1. The molecule has 0 saturated carbocycles. The van der Waals surface area contributed by atoms with Crippen LogP contribution < -0.4 is 10.2 Å². The molecule has 3 heterocycles. The van der Waals surface area contributed by atoms with Gasteiger partial charge in [0.15, 0.2) is 5.65 Å². The van der Waals surface area contributed by atoms with Gasteiger partial charge in [0.1, 0.15) is 5.82 Å². The Morgan fingerprint density at radius 3 is 2.83 bits per heavy atom. The molecule has 2 aromatic heterocycles. The van der Waals surface area contributed by atoms with Gasteiger partial charge in [-0.05, 0) is 18.2 Å². The van der Waals surface area contributed by atoms with Crippen LogP contribution in [0.2, 0.25) is 5.02 Å². The molecule has 0 radical (unpaired) electrons. The number of ether oxygens (including phenoxy) is 1. The molecule has 0 unspecified atom stereocenters. The average Bonchev–Trinajstić information content (AvgIpc) is 2.97. The number of benzene rings is 1. The van der Waals surface area contributed by atoms with Crippen LogP contribution >= 0.6 is 11.6 Å². The van der Waals surface area contributed by atoms with E-state index in [1.54, 1.807) is 10.9 Å². The fourth-order valence-corrected chi connectivity index (χ4v) is 2.90. The number of nitrogens with one attached hydrogen (secondary N) is 1. The van der Waals surface area contributed by atoms with E-state index in [0.29, 0.717) is 24.2 Å². The van der Waals surface area contributed by atoms with E-state index in [9.17, 15) is 0 Å². The lowest BCUT2D eigenvalue weighted by Crippen LogP contribution is -2.37. The molecule has 0 aliphatic carbocycles. The minimum absolute atomic E-state index is 0.671. The number of aryl methyl sites for hydroxylation is 1. The monoisotopic (exact) mass is 344 g/mol. The summed E-state index contributed by atoms with van der Waals surface area (Å²) in [5.74, 6) is 1.40. The first-order valence-corrected chi connectivity index (χ1v) is 8.13. The van der Waals surface area contributed by atoms with Gasteiger partial charge in [-0.1, -0.05) is 17.7 Å². The van der Waals surface area contributed by atoms with E-state index in [4.69, 9.17) is 21.3 Å². The smallest absolute Gasteiger partial charge is 0.229 e. The molecule has 1 aliphatic rings. The van der Waals surface area contributed by atoms with Crippen molar-refractivity contribution < 1.29 is 4.74 Å². The van der Waals surface area contributed by atoms with Gasteiger partial charge in [0.25, 0.3) is 0 Å². The number of rotatable bonds is 3. The van der Waals surface area contributed by atoms with Gasteiger partial charge in [0.05, 0.1) is 24.8 Å². The van der Waals surface area contributed by atoms with Crippen molar-refractivity contribution >= 4 is 40.1 Å². The van der Waals surface area contributed by atoms with Gasteiger partial charge in [-0.25, -0.2) is 0 Å². The maximum Gasteiger partial charge on any atom is 0.229 e. The van der Waals surface area contributed by atoms with Crippen molar-refractivity contribution in [2.45, 2.75) is 0 Å². The minimum atomic E-state index is 0.671. The van der Waals surface area contributed by atoms with Crippen LogP contribution in [0.15, 0.2) is 30.5 Å². The fraction of sp³-hybridized carbons (Fsp3) is 0.312. The number of hydrogen-bond acceptors (Lipinski definition) is 6. The number of halogens is 1. The molecule has 0 amide bonds. The molecule has 1 saturated heterocycles. The van der Waals surface area contributed by atoms with Crippen LogP contribution in [0, 0.1) is 0 Å². The van der Waals surface area contributed by atoms with Crippen molar-refractivity contribution in [3.05, 3.63) is 35.5 Å². The third-order valence-electron chi connectivity index (χ3n) is 3.96. The first kappa shape index (κ1) is 15.2. The molecule has 7 nitrogen and oxygen atoms in total. The lowest BCUT2D eigenvalue weighted by Gasteiger charge is -2.27. The topological polar surface area (TPSA) is 68.1 Å². The maximum absolute atomic E-state index is 6.08. The summed E-state index contributed by atoms with van der Waals surface area (Å²) in [5.41, 5.74) is 1.66. The summed E-state index contributed by atoms with van der Waals surface area (Å²) in [6.07, 6.45) is 1.77. The van der Waals surface area contributed by atoms with Crippen molar-refractivity contribution in [1.29, 1.82) is 0 Å². The van der Waals surface area contributed by atoms with E-state index in [2.05, 4.69) is 20.3 Å². The molecule has 3 aromatic rings. The quantitative estimate of drug-likeness (QED) is 0.787. The molecule has 1 aromatic carbocycles. The highest BCUT2D eigenvalue weighted by Crippen LogP contribution is 2.27. The van der Waals surface area contributed by atoms with Gasteiger partial charge in [0.2, 0.25) is 5.95 Å². The number of fused-ring (bicyclic) bond motifs is 1. The van der Waals surface area contributed by atoms with Gasteiger partial charge in [-0.3, -0.25) is 4.68 Å². The summed E-state index contributed by atoms with van der Waals surface area (Å²) in [6.45, 7) is 2.92. The first-order valence-electron chi connectivity index (χ1n) is 7.76. The predicted octanol–water partition coefficient (Wildman–Crippen LogP) is 2.60. The molecule has 8 heteroatoms. The number of aromatic nitrogens is 4. The number of morpholine rings is 1. The molecule has 1 aliphatic heterocycles. The Bertz CT molecular complexity index is 874. The molecule has 1 fully saturated rings. The Labute approximate surface area is 144 Å². The Hall–Kier alpha value is -2.38. The van der Waals surface area contributed by atoms with Gasteiger partial charge >= 0.3 is 0 Å². The van der Waals surface area contributed by atoms with Crippen molar-refractivity contribution in [2.24, 2.45) is 7.05 Å². The maximum atomic E-state index is 6.08. The van der Waals surface area contributed by atoms with Crippen LogP contribution in [0.4, 0.5) is 17.5 Å². The third-order valence-corrected chi connectivity index (χ3v) is 4.20. The van der Waals surface area contributed by atoms with E-state index in [1.165, 1.54) is 0 Å². The van der Waals surface area contributed by atoms with Gasteiger partial charge < -0.3 is 15.0 Å². The zero-order chi connectivity index (χ0) is 16.5. The van der Waals surface area contributed by atoms with Crippen LogP contribution in [-0.4, -0.2) is 46.1 Å². The largest absolute Gasteiger partial charge is 0.378 e. The molecule has 0 atom stereocenters. The summed E-state index contributed by atoms with van der Waals surface area (Å²) in [7, 11) is 1.88. The molecular formula is C16H17ClN6O. The standard InChI is InChI=1S/C16H17ClN6O/c1-22-15-13(10-18-22)14(19-12-4-2-3-11(17)9-12)20-16(21-15)23-5-7-24-8-6-23/h2-4,9-10H,5-8H2,1H3,(H,19,20,21). The summed E-state index contributed by atoms with van der Waals surface area (Å²) in [6, 6.07) is 7.55. The van der Waals surface area contributed by atoms with E-state index in [-0.39, 0.29) is 0 Å². The van der Waals surface area contributed by atoms with E-state index in [0.717, 1.165) is 35.6 Å². The van der Waals surface area contributed by atoms with Crippen molar-refractivity contribution in [3.63, 3.8) is 0 Å². The highest BCUT2D eigenvalue weighted by molar-refractivity contribution is 6.30. The van der Waals surface area contributed by atoms with Crippen molar-refractivity contribution in [3.8, 4) is 0 Å². The van der Waals surface area contributed by atoms with E-state index in [1.807, 2.05) is 31.3 Å². The minimum Gasteiger partial charge on any atom is -0.378 e. The lowest BCUT2D eigenvalue weighted by atomic mass is 10.3. The highest BCUT2D eigenvalue weighted by atomic mass is 35.5. The zero-order valence-corrected chi connectivity index (χ0v) is 14.0. The summed E-state index contributed by atoms with van der Waals surface area (Å²) in [5, 5.41) is 9.18. The predicted molar refractivity (Wildman–Crippen MR) is 94.1 cm³/mol. The first-order chi connectivity index (χ1) is 11.7. The normalized spacial score (nSPS) is 15.0. The van der Waals surface area contributed by atoms with Crippen LogP contribution in [0.3, 0.4) is 0 Å². The summed E-state index contributed by atoms with van der Waals surface area (Å²) < 4.78 is 7.17. The molecule has 1 N–H and O–H groups in total. The number of anilines is 3. The Balaban J connectivity index is 1.77. The van der Waals surface area contributed by atoms with E-state index >= 15 is 0 Å². The molecule has 0 spiro atoms. The Kier molecular flexibility index (Phi) is 3.95. The molecular weight excluding hydrogens is 328 g/mol. The molecule has 0 bridgehead atoms. The molecule has 24 heavy (non-hydrogen) atoms. The number of nitrogens with zero attached hydrogens (tertiary/aromatic N) is 5. The Morgan fingerprint density at radius 2 is 2.04 bits per heavy atom.